The van der Waals surface area contributed by atoms with Crippen LogP contribution in [0.5, 0.6) is 0 Å². The molecule has 0 fully saturated rings. The Balaban J connectivity index is 1.75. The van der Waals surface area contributed by atoms with Gasteiger partial charge in [0, 0.05) is 30.4 Å². The number of Topliss-reactive ketones (excluding diaryl/α,β-unsaturated/α-hetero) is 1. The molecule has 0 unspecified atom stereocenters. The van der Waals surface area contributed by atoms with Gasteiger partial charge in [-0.1, -0.05) is 30.3 Å². The topological polar surface area (TPSA) is 68.2 Å². The van der Waals surface area contributed by atoms with Gasteiger partial charge in [-0.05, 0) is 48.2 Å². The third-order valence-electron chi connectivity index (χ3n) is 5.08. The van der Waals surface area contributed by atoms with Gasteiger partial charge in [0.1, 0.15) is 11.4 Å². The van der Waals surface area contributed by atoms with E-state index in [0.29, 0.717) is 41.6 Å². The van der Waals surface area contributed by atoms with Gasteiger partial charge in [0.05, 0.1) is 0 Å². The smallest absolute Gasteiger partial charge is 0.268 e. The molecule has 0 saturated carbocycles. The van der Waals surface area contributed by atoms with Crippen molar-refractivity contribution in [2.75, 3.05) is 0 Å². The van der Waals surface area contributed by atoms with E-state index in [1.165, 1.54) is 16.7 Å². The second-order valence-electron chi connectivity index (χ2n) is 6.99. The lowest BCUT2D eigenvalue weighted by Crippen LogP contribution is -2.36. The van der Waals surface area contributed by atoms with Gasteiger partial charge in [0.15, 0.2) is 5.78 Å². The van der Waals surface area contributed by atoms with Crippen molar-refractivity contribution in [3.63, 3.8) is 0 Å². The standard InChI is InChI=1S/C23H19FN2O3/c24-16-11-9-15(10-12-16)13-25-22(28)21-18-7-4-8-20(27)19(18)14-26(23(21)29)17-5-2-1-3-6-17/h1-3,5-6,9-12,14H,4,7-8,13H2,(H,25,28). The predicted molar refractivity (Wildman–Crippen MR) is 107 cm³/mol. The first-order chi connectivity index (χ1) is 14.0. The van der Waals surface area contributed by atoms with E-state index in [0.717, 1.165) is 0 Å². The average Bonchev–Trinajstić information content (AvgIpc) is 2.73. The summed E-state index contributed by atoms with van der Waals surface area (Å²) in [6, 6.07) is 14.7. The van der Waals surface area contributed by atoms with Gasteiger partial charge in [-0.2, -0.15) is 0 Å². The maximum absolute atomic E-state index is 13.2. The fraction of sp³-hybridized carbons (Fsp3) is 0.174. The molecular weight excluding hydrogens is 371 g/mol. The SMILES string of the molecule is O=C1CCCc2c1cn(-c1ccccc1)c(=O)c2C(=O)NCc1ccc(F)cc1. The van der Waals surface area contributed by atoms with Gasteiger partial charge in [-0.15, -0.1) is 0 Å². The molecule has 0 saturated heterocycles. The summed E-state index contributed by atoms with van der Waals surface area (Å²) < 4.78 is 14.4. The summed E-state index contributed by atoms with van der Waals surface area (Å²) in [4.78, 5) is 38.6. The molecule has 3 aromatic rings. The first-order valence-electron chi connectivity index (χ1n) is 9.44. The van der Waals surface area contributed by atoms with E-state index < -0.39 is 11.5 Å². The molecule has 5 nitrogen and oxygen atoms in total. The lowest BCUT2D eigenvalue weighted by atomic mass is 9.88. The molecule has 146 valence electrons. The quantitative estimate of drug-likeness (QED) is 0.742. The summed E-state index contributed by atoms with van der Waals surface area (Å²) >= 11 is 0. The molecule has 1 N–H and O–H groups in total. The molecule has 1 heterocycles. The average molecular weight is 390 g/mol. The number of benzene rings is 2. The number of ketones is 1. The second kappa shape index (κ2) is 7.83. The van der Waals surface area contributed by atoms with E-state index >= 15 is 0 Å². The van der Waals surface area contributed by atoms with Crippen LogP contribution in [0.25, 0.3) is 5.69 Å². The highest BCUT2D eigenvalue weighted by Crippen LogP contribution is 2.24. The first-order valence-corrected chi connectivity index (χ1v) is 9.44. The van der Waals surface area contributed by atoms with Crippen LogP contribution in [-0.2, 0) is 13.0 Å². The van der Waals surface area contributed by atoms with Gasteiger partial charge >= 0.3 is 0 Å². The molecule has 1 aromatic heterocycles. The summed E-state index contributed by atoms with van der Waals surface area (Å²) in [6.45, 7) is 0.154. The van der Waals surface area contributed by atoms with Crippen LogP contribution < -0.4 is 10.9 Å². The Hall–Kier alpha value is -3.54. The minimum Gasteiger partial charge on any atom is -0.348 e. The maximum atomic E-state index is 13.2. The van der Waals surface area contributed by atoms with E-state index in [9.17, 15) is 18.8 Å². The van der Waals surface area contributed by atoms with Gasteiger partial charge < -0.3 is 5.32 Å². The Bertz CT molecular complexity index is 1140. The highest BCUT2D eigenvalue weighted by molar-refractivity contribution is 6.03. The van der Waals surface area contributed by atoms with Crippen molar-refractivity contribution in [1.29, 1.82) is 0 Å². The lowest BCUT2D eigenvalue weighted by Gasteiger charge is -2.20. The van der Waals surface area contributed by atoms with Crippen LogP contribution in [0.15, 0.2) is 65.6 Å². The number of amides is 1. The summed E-state index contributed by atoms with van der Waals surface area (Å²) in [5.41, 5.74) is 1.78. The number of rotatable bonds is 4. The molecule has 4 rings (SSSR count). The Kier molecular flexibility index (Phi) is 5.08. The highest BCUT2D eigenvalue weighted by atomic mass is 19.1. The van der Waals surface area contributed by atoms with Gasteiger partial charge in [0.25, 0.3) is 11.5 Å². The predicted octanol–water partition coefficient (Wildman–Crippen LogP) is 3.43. The van der Waals surface area contributed by atoms with Gasteiger partial charge in [0.2, 0.25) is 0 Å². The Labute approximate surface area is 166 Å². The van der Waals surface area contributed by atoms with Crippen LogP contribution >= 0.6 is 0 Å². The Morgan fingerprint density at radius 2 is 1.72 bits per heavy atom. The molecule has 1 amide bonds. The van der Waals surface area contributed by atoms with Crippen molar-refractivity contribution in [1.82, 2.24) is 9.88 Å². The summed E-state index contributed by atoms with van der Waals surface area (Å²) in [6.07, 6.45) is 3.06. The molecule has 0 aliphatic heterocycles. The van der Waals surface area contributed by atoms with Crippen molar-refractivity contribution in [2.45, 2.75) is 25.8 Å². The summed E-state index contributed by atoms with van der Waals surface area (Å²) in [5.74, 6) is -0.958. The van der Waals surface area contributed by atoms with Crippen LogP contribution in [-0.4, -0.2) is 16.3 Å². The molecule has 2 aromatic carbocycles. The Morgan fingerprint density at radius 1 is 1.00 bits per heavy atom. The third-order valence-corrected chi connectivity index (χ3v) is 5.08. The third kappa shape index (κ3) is 3.74. The largest absolute Gasteiger partial charge is 0.348 e. The van der Waals surface area contributed by atoms with Crippen molar-refractivity contribution in [3.8, 4) is 5.69 Å². The lowest BCUT2D eigenvalue weighted by molar-refractivity contribution is 0.0947. The highest BCUT2D eigenvalue weighted by Gasteiger charge is 2.27. The zero-order valence-electron chi connectivity index (χ0n) is 15.7. The monoisotopic (exact) mass is 390 g/mol. The minimum atomic E-state index is -0.532. The molecule has 0 radical (unpaired) electrons. The molecule has 29 heavy (non-hydrogen) atoms. The number of aromatic nitrogens is 1. The minimum absolute atomic E-state index is 0.00140. The van der Waals surface area contributed by atoms with E-state index in [4.69, 9.17) is 0 Å². The Morgan fingerprint density at radius 3 is 2.45 bits per heavy atom. The fourth-order valence-electron chi connectivity index (χ4n) is 3.60. The van der Waals surface area contributed by atoms with Crippen LogP contribution in [0.3, 0.4) is 0 Å². The van der Waals surface area contributed by atoms with E-state index in [-0.39, 0.29) is 23.7 Å². The zero-order valence-corrected chi connectivity index (χ0v) is 15.7. The van der Waals surface area contributed by atoms with E-state index in [1.54, 1.807) is 42.6 Å². The number of nitrogens with zero attached hydrogens (tertiary/aromatic N) is 1. The second-order valence-corrected chi connectivity index (χ2v) is 6.99. The normalized spacial score (nSPS) is 13.1. The van der Waals surface area contributed by atoms with Crippen LogP contribution in [0, 0.1) is 5.82 Å². The molecular formula is C23H19FN2O3. The zero-order chi connectivity index (χ0) is 20.4. The summed E-state index contributed by atoms with van der Waals surface area (Å²) in [7, 11) is 0. The number of para-hydroxylation sites is 1. The number of hydrogen-bond acceptors (Lipinski definition) is 3. The summed E-state index contributed by atoms with van der Waals surface area (Å²) in [5, 5.41) is 2.73. The van der Waals surface area contributed by atoms with Gasteiger partial charge in [-0.3, -0.25) is 19.0 Å². The molecule has 0 bridgehead atoms. The number of carbonyl (C=O) groups is 2. The van der Waals surface area contributed by atoms with Crippen molar-refractivity contribution in [2.24, 2.45) is 0 Å². The van der Waals surface area contributed by atoms with Crippen molar-refractivity contribution >= 4 is 11.7 Å². The van der Waals surface area contributed by atoms with Crippen LogP contribution in [0.1, 0.15) is 44.7 Å². The maximum Gasteiger partial charge on any atom is 0.268 e. The number of halogens is 1. The number of nitrogens with one attached hydrogen (secondary N) is 1. The molecule has 6 heteroatoms. The van der Waals surface area contributed by atoms with E-state index in [2.05, 4.69) is 5.32 Å². The number of pyridine rings is 1. The fourth-order valence-corrected chi connectivity index (χ4v) is 3.60. The molecule has 0 atom stereocenters. The van der Waals surface area contributed by atoms with Crippen molar-refractivity contribution < 1.29 is 14.0 Å². The number of carbonyl (C=O) groups excluding carboxylic acids is 2. The molecule has 1 aliphatic rings. The van der Waals surface area contributed by atoms with Crippen LogP contribution in [0.4, 0.5) is 4.39 Å². The van der Waals surface area contributed by atoms with Crippen LogP contribution in [0.2, 0.25) is 0 Å². The van der Waals surface area contributed by atoms with E-state index in [1.807, 2.05) is 6.07 Å². The first kappa shape index (κ1) is 18.8. The molecule has 0 spiro atoms. The number of hydrogen-bond donors (Lipinski definition) is 1. The number of fused-ring (bicyclic) bond motifs is 1. The molecule has 1 aliphatic carbocycles. The van der Waals surface area contributed by atoms with Crippen molar-refractivity contribution in [3.05, 3.63) is 99.2 Å². The van der Waals surface area contributed by atoms with Gasteiger partial charge in [-0.25, -0.2) is 4.39 Å².